The molecule has 3 aromatic rings. The summed E-state index contributed by atoms with van der Waals surface area (Å²) < 4.78 is 85.6. The highest BCUT2D eigenvalue weighted by molar-refractivity contribution is 5.35. The summed E-state index contributed by atoms with van der Waals surface area (Å²) in [5, 5.41) is 3.36. The van der Waals surface area contributed by atoms with Gasteiger partial charge in [0.2, 0.25) is 0 Å². The van der Waals surface area contributed by atoms with E-state index in [1.54, 1.807) is 0 Å². The third kappa shape index (κ3) is 6.24. The van der Waals surface area contributed by atoms with Gasteiger partial charge in [0.05, 0.1) is 23.8 Å². The lowest BCUT2D eigenvalue weighted by molar-refractivity contribution is -0.143. The fourth-order valence-corrected chi connectivity index (χ4v) is 4.71. The van der Waals surface area contributed by atoms with Gasteiger partial charge in [0.15, 0.2) is 0 Å². The molecule has 1 saturated heterocycles. The number of ether oxygens (including phenoxy) is 1. The highest BCUT2D eigenvalue weighted by Crippen LogP contribution is 2.39. The lowest BCUT2D eigenvalue weighted by atomic mass is 9.76. The Balaban J connectivity index is 1.62. The molecule has 3 aromatic carbocycles. The van der Waals surface area contributed by atoms with Crippen molar-refractivity contribution in [2.45, 2.75) is 37.4 Å². The van der Waals surface area contributed by atoms with E-state index in [0.717, 1.165) is 23.3 Å². The zero-order valence-corrected chi connectivity index (χ0v) is 18.7. The predicted octanol–water partition coefficient (Wildman–Crippen LogP) is 7.05. The summed E-state index contributed by atoms with van der Waals surface area (Å²) in [5.41, 5.74) is -0.683. The molecule has 0 aromatic heterocycles. The first-order valence-electron chi connectivity index (χ1n) is 11.3. The van der Waals surface area contributed by atoms with Crippen molar-refractivity contribution in [3.05, 3.63) is 107 Å². The second-order valence-corrected chi connectivity index (χ2v) is 8.72. The molecule has 4 rings (SSSR count). The van der Waals surface area contributed by atoms with Crippen molar-refractivity contribution in [3.63, 3.8) is 0 Å². The van der Waals surface area contributed by atoms with Gasteiger partial charge in [-0.25, -0.2) is 0 Å². The maximum Gasteiger partial charge on any atom is 0.416 e. The number of hydrogen-bond donors (Lipinski definition) is 1. The Hall–Kier alpha value is -2.84. The zero-order chi connectivity index (χ0) is 25.1. The predicted molar refractivity (Wildman–Crippen MR) is 121 cm³/mol. The van der Waals surface area contributed by atoms with Crippen LogP contribution >= 0.6 is 0 Å². The van der Waals surface area contributed by atoms with E-state index in [0.29, 0.717) is 19.5 Å². The Labute approximate surface area is 199 Å². The number of benzene rings is 3. The summed E-state index contributed by atoms with van der Waals surface area (Å²) >= 11 is 0. The molecule has 0 amide bonds. The second-order valence-electron chi connectivity index (χ2n) is 8.72. The molecule has 2 unspecified atom stereocenters. The van der Waals surface area contributed by atoms with Crippen molar-refractivity contribution in [2.24, 2.45) is 5.92 Å². The minimum Gasteiger partial charge on any atom is -0.373 e. The second kappa shape index (κ2) is 10.4. The van der Waals surface area contributed by atoms with Gasteiger partial charge in [0, 0.05) is 18.4 Å². The van der Waals surface area contributed by atoms with Gasteiger partial charge in [0.25, 0.3) is 0 Å². The molecular formula is C27H25F6NO. The lowest BCUT2D eigenvalue weighted by Crippen LogP contribution is -2.44. The number of hydrogen-bond acceptors (Lipinski definition) is 2. The molecule has 8 heteroatoms. The van der Waals surface area contributed by atoms with Crippen LogP contribution in [0.5, 0.6) is 0 Å². The highest BCUT2D eigenvalue weighted by atomic mass is 19.4. The molecule has 1 fully saturated rings. The fourth-order valence-electron chi connectivity index (χ4n) is 4.71. The van der Waals surface area contributed by atoms with Crippen LogP contribution in [0.15, 0.2) is 78.9 Å². The van der Waals surface area contributed by atoms with Crippen LogP contribution in [0.1, 0.15) is 40.2 Å². The first kappa shape index (κ1) is 25.3. The van der Waals surface area contributed by atoms with Crippen molar-refractivity contribution in [2.75, 3.05) is 13.1 Å². The first-order chi connectivity index (χ1) is 16.6. The van der Waals surface area contributed by atoms with Crippen LogP contribution in [0.25, 0.3) is 0 Å². The number of halogens is 6. The van der Waals surface area contributed by atoms with Gasteiger partial charge < -0.3 is 10.1 Å². The Kier molecular flexibility index (Phi) is 7.52. The summed E-state index contributed by atoms with van der Waals surface area (Å²) in [6.45, 7) is 0.911. The molecule has 1 N–H and O–H groups in total. The molecule has 0 bridgehead atoms. The Morgan fingerprint density at radius 1 is 0.771 bits per heavy atom. The first-order valence-corrected chi connectivity index (χ1v) is 11.3. The van der Waals surface area contributed by atoms with Crippen LogP contribution in [0.4, 0.5) is 26.3 Å². The summed E-state index contributed by atoms with van der Waals surface area (Å²) in [4.78, 5) is 0. The third-order valence-electron chi connectivity index (χ3n) is 6.32. The van der Waals surface area contributed by atoms with Crippen molar-refractivity contribution < 1.29 is 31.1 Å². The zero-order valence-electron chi connectivity index (χ0n) is 18.7. The number of rotatable bonds is 6. The maximum atomic E-state index is 13.3. The van der Waals surface area contributed by atoms with Crippen LogP contribution < -0.4 is 5.32 Å². The summed E-state index contributed by atoms with van der Waals surface area (Å²) in [6, 6.07) is 21.3. The topological polar surface area (TPSA) is 21.3 Å². The van der Waals surface area contributed by atoms with Crippen LogP contribution in [-0.2, 0) is 23.7 Å². The van der Waals surface area contributed by atoms with Crippen LogP contribution in [0.3, 0.4) is 0 Å². The van der Waals surface area contributed by atoms with Crippen LogP contribution in [0.2, 0.25) is 0 Å². The third-order valence-corrected chi connectivity index (χ3v) is 6.32. The lowest BCUT2D eigenvalue weighted by Gasteiger charge is -2.38. The normalized spacial score (nSPS) is 19.2. The van der Waals surface area contributed by atoms with Crippen LogP contribution in [0, 0.1) is 5.92 Å². The van der Waals surface area contributed by atoms with Crippen molar-refractivity contribution in [1.82, 2.24) is 5.32 Å². The smallest absolute Gasteiger partial charge is 0.373 e. The van der Waals surface area contributed by atoms with Crippen LogP contribution in [-0.4, -0.2) is 19.2 Å². The van der Waals surface area contributed by atoms with E-state index >= 15 is 0 Å². The molecular weight excluding hydrogens is 468 g/mol. The molecule has 0 aliphatic carbocycles. The van der Waals surface area contributed by atoms with Gasteiger partial charge in [-0.2, -0.15) is 26.3 Å². The Bertz CT molecular complexity index is 1030. The van der Waals surface area contributed by atoms with Gasteiger partial charge in [0.1, 0.15) is 0 Å². The van der Waals surface area contributed by atoms with Crippen molar-refractivity contribution in [3.8, 4) is 0 Å². The SMILES string of the molecule is FC(F)(F)c1cc(COC2CCNCC2C(c2ccccc2)c2ccccc2)cc(C(F)(F)F)c1. The van der Waals surface area contributed by atoms with E-state index in [9.17, 15) is 26.3 Å². The van der Waals surface area contributed by atoms with E-state index in [-0.39, 0.29) is 36.2 Å². The number of alkyl halides is 6. The molecule has 0 saturated carbocycles. The van der Waals surface area contributed by atoms with E-state index in [4.69, 9.17) is 4.74 Å². The average molecular weight is 493 g/mol. The summed E-state index contributed by atoms with van der Waals surface area (Å²) in [5.74, 6) is -0.121. The van der Waals surface area contributed by atoms with E-state index < -0.39 is 23.5 Å². The van der Waals surface area contributed by atoms with Gasteiger partial charge in [-0.15, -0.1) is 0 Å². The van der Waals surface area contributed by atoms with Gasteiger partial charge in [-0.1, -0.05) is 60.7 Å². The monoisotopic (exact) mass is 493 g/mol. The Morgan fingerprint density at radius 2 is 1.29 bits per heavy atom. The van der Waals surface area contributed by atoms with Gasteiger partial charge in [-0.3, -0.25) is 0 Å². The summed E-state index contributed by atoms with van der Waals surface area (Å²) in [7, 11) is 0. The minimum absolute atomic E-state index is 0.0533. The quantitative estimate of drug-likeness (QED) is 0.372. The average Bonchev–Trinajstić information content (AvgIpc) is 2.84. The molecule has 1 heterocycles. The standard InChI is InChI=1S/C27H25F6NO/c28-26(29,30)21-13-18(14-22(15-21)27(31,32)33)17-35-24-11-12-34-16-23(24)25(19-7-3-1-4-8-19)20-9-5-2-6-10-20/h1-10,13-15,23-25,34H,11-12,16-17H2. The van der Waals surface area contributed by atoms with Crippen molar-refractivity contribution >= 4 is 0 Å². The molecule has 2 atom stereocenters. The number of piperidine rings is 1. The fraction of sp³-hybridized carbons (Fsp3) is 0.333. The van der Waals surface area contributed by atoms with Gasteiger partial charge in [-0.05, 0) is 47.9 Å². The van der Waals surface area contributed by atoms with E-state index in [1.807, 2.05) is 60.7 Å². The highest BCUT2D eigenvalue weighted by Gasteiger charge is 2.38. The summed E-state index contributed by atoms with van der Waals surface area (Å²) in [6.07, 6.45) is -9.55. The van der Waals surface area contributed by atoms with E-state index in [2.05, 4.69) is 5.32 Å². The molecule has 186 valence electrons. The van der Waals surface area contributed by atoms with Gasteiger partial charge >= 0.3 is 12.4 Å². The largest absolute Gasteiger partial charge is 0.416 e. The number of nitrogens with one attached hydrogen (secondary N) is 1. The Morgan fingerprint density at radius 3 is 1.77 bits per heavy atom. The molecule has 1 aliphatic heterocycles. The molecule has 0 spiro atoms. The van der Waals surface area contributed by atoms with Crippen molar-refractivity contribution in [1.29, 1.82) is 0 Å². The maximum absolute atomic E-state index is 13.3. The molecule has 2 nitrogen and oxygen atoms in total. The molecule has 1 aliphatic rings. The minimum atomic E-state index is -4.89. The van der Waals surface area contributed by atoms with E-state index in [1.165, 1.54) is 0 Å². The molecule has 0 radical (unpaired) electrons. The molecule has 35 heavy (non-hydrogen) atoms.